The van der Waals surface area contributed by atoms with E-state index < -0.39 is 15.9 Å². The quantitative estimate of drug-likeness (QED) is 0.534. The van der Waals surface area contributed by atoms with Crippen molar-refractivity contribution >= 4 is 43.8 Å². The molecule has 0 heterocycles. The maximum atomic E-state index is 12.1. The van der Waals surface area contributed by atoms with Crippen LogP contribution in [-0.4, -0.2) is 33.3 Å². The van der Waals surface area contributed by atoms with Gasteiger partial charge in [0.25, 0.3) is 5.91 Å². The van der Waals surface area contributed by atoms with Gasteiger partial charge in [0, 0.05) is 4.47 Å². The van der Waals surface area contributed by atoms with Gasteiger partial charge >= 0.3 is 0 Å². The number of anilines is 1. The second-order valence-electron chi connectivity index (χ2n) is 5.63. The Kier molecular flexibility index (Phi) is 6.93. The predicted octanol–water partition coefficient (Wildman–Crippen LogP) is 2.93. The second-order valence-corrected chi connectivity index (χ2v) is 8.46. The van der Waals surface area contributed by atoms with Gasteiger partial charge in [-0.05, 0) is 41.8 Å². The van der Waals surface area contributed by atoms with Gasteiger partial charge in [-0.3, -0.25) is 9.10 Å². The smallest absolute Gasteiger partial charge is 0.260 e. The largest absolute Gasteiger partial charge is 0.271 e. The number of halogens is 1. The number of benzene rings is 2. The Morgan fingerprint density at radius 1 is 1.15 bits per heavy atom. The van der Waals surface area contributed by atoms with Gasteiger partial charge in [-0.25, -0.2) is 13.8 Å². The third kappa shape index (κ3) is 5.96. The molecule has 6 nitrogen and oxygen atoms in total. The molecule has 138 valence electrons. The molecule has 0 saturated carbocycles. The van der Waals surface area contributed by atoms with Crippen molar-refractivity contribution in [2.45, 2.75) is 13.3 Å². The number of hydrogen-bond acceptors (Lipinski definition) is 4. The van der Waals surface area contributed by atoms with Gasteiger partial charge in [0.05, 0.1) is 18.2 Å². The lowest BCUT2D eigenvalue weighted by atomic mass is 10.1. The first kappa shape index (κ1) is 20.1. The molecule has 0 aliphatic heterocycles. The number of carbonyl (C=O) groups excluding carboxylic acids is 1. The van der Waals surface area contributed by atoms with E-state index in [0.29, 0.717) is 5.69 Å². The van der Waals surface area contributed by atoms with Crippen molar-refractivity contribution < 1.29 is 13.2 Å². The van der Waals surface area contributed by atoms with E-state index in [4.69, 9.17) is 0 Å². The summed E-state index contributed by atoms with van der Waals surface area (Å²) >= 11 is 3.34. The highest BCUT2D eigenvalue weighted by Gasteiger charge is 2.20. The highest BCUT2D eigenvalue weighted by atomic mass is 79.9. The molecule has 26 heavy (non-hydrogen) atoms. The fraction of sp³-hybridized carbons (Fsp3) is 0.222. The average molecular weight is 438 g/mol. The summed E-state index contributed by atoms with van der Waals surface area (Å²) in [5.41, 5.74) is 4.69. The lowest BCUT2D eigenvalue weighted by molar-refractivity contribution is -0.119. The molecule has 0 bridgehead atoms. The molecule has 0 aromatic heterocycles. The van der Waals surface area contributed by atoms with Crippen LogP contribution in [0.4, 0.5) is 5.69 Å². The molecule has 0 unspecified atom stereocenters. The molecule has 0 radical (unpaired) electrons. The first-order valence-electron chi connectivity index (χ1n) is 7.93. The number of nitrogens with zero attached hydrogens (tertiary/aromatic N) is 2. The predicted molar refractivity (Wildman–Crippen MR) is 108 cm³/mol. The molecule has 0 atom stereocenters. The summed E-state index contributed by atoms with van der Waals surface area (Å²) < 4.78 is 26.1. The lowest BCUT2D eigenvalue weighted by Crippen LogP contribution is -2.39. The molecule has 2 aromatic rings. The SMILES string of the molecule is CCc1ccc(N(CC(=O)N/N=C\c2ccc(Br)cc2)S(C)(=O)=O)cc1. The number of aryl methyl sites for hydroxylation is 1. The minimum Gasteiger partial charge on any atom is -0.271 e. The molecule has 0 aliphatic rings. The molecule has 0 fully saturated rings. The minimum absolute atomic E-state index is 0.345. The maximum Gasteiger partial charge on any atom is 0.260 e. The van der Waals surface area contributed by atoms with E-state index in [9.17, 15) is 13.2 Å². The summed E-state index contributed by atoms with van der Waals surface area (Å²) in [4.78, 5) is 12.1. The zero-order valence-corrected chi connectivity index (χ0v) is 16.9. The van der Waals surface area contributed by atoms with Crippen molar-refractivity contribution in [2.24, 2.45) is 5.10 Å². The van der Waals surface area contributed by atoms with Crippen molar-refractivity contribution in [1.82, 2.24) is 5.43 Å². The molecule has 1 N–H and O–H groups in total. The minimum atomic E-state index is -3.60. The number of nitrogens with one attached hydrogen (secondary N) is 1. The van der Waals surface area contributed by atoms with E-state index in [1.807, 2.05) is 43.3 Å². The summed E-state index contributed by atoms with van der Waals surface area (Å²) in [5, 5.41) is 3.87. The van der Waals surface area contributed by atoms with Crippen LogP contribution in [0.5, 0.6) is 0 Å². The van der Waals surface area contributed by atoms with Gasteiger partial charge in [0.15, 0.2) is 0 Å². The van der Waals surface area contributed by atoms with Crippen molar-refractivity contribution in [1.29, 1.82) is 0 Å². The van der Waals surface area contributed by atoms with Gasteiger partial charge in [-0.2, -0.15) is 5.10 Å². The van der Waals surface area contributed by atoms with Gasteiger partial charge in [0.2, 0.25) is 10.0 Å². The molecular formula is C18H20BrN3O3S. The number of rotatable bonds is 7. The third-order valence-electron chi connectivity index (χ3n) is 3.59. The highest BCUT2D eigenvalue weighted by molar-refractivity contribution is 9.10. The van der Waals surface area contributed by atoms with Crippen LogP contribution in [0.1, 0.15) is 18.1 Å². The topological polar surface area (TPSA) is 78.8 Å². The summed E-state index contributed by atoms with van der Waals surface area (Å²) in [5.74, 6) is -0.525. The van der Waals surface area contributed by atoms with Crippen LogP contribution in [0.25, 0.3) is 0 Å². The third-order valence-corrected chi connectivity index (χ3v) is 5.26. The number of amides is 1. The molecule has 0 spiro atoms. The first-order valence-corrected chi connectivity index (χ1v) is 10.6. The summed E-state index contributed by atoms with van der Waals surface area (Å²) in [7, 11) is -3.60. The number of hydrogen-bond donors (Lipinski definition) is 1. The van der Waals surface area contributed by atoms with E-state index in [1.54, 1.807) is 12.1 Å². The molecule has 2 rings (SSSR count). The maximum absolute atomic E-state index is 12.1. The molecule has 0 saturated heterocycles. The van der Waals surface area contributed by atoms with E-state index in [2.05, 4.69) is 26.5 Å². The summed E-state index contributed by atoms with van der Waals surface area (Å²) in [6.45, 7) is 1.67. The summed E-state index contributed by atoms with van der Waals surface area (Å²) in [6, 6.07) is 14.4. The van der Waals surface area contributed by atoms with E-state index in [1.165, 1.54) is 6.21 Å². The van der Waals surface area contributed by atoms with Crippen molar-refractivity contribution in [3.05, 3.63) is 64.1 Å². The van der Waals surface area contributed by atoms with E-state index in [-0.39, 0.29) is 6.54 Å². The fourth-order valence-corrected chi connectivity index (χ4v) is 3.31. The van der Waals surface area contributed by atoms with E-state index in [0.717, 1.165) is 32.6 Å². The normalized spacial score (nSPS) is 11.5. The van der Waals surface area contributed by atoms with Crippen molar-refractivity contribution in [3.8, 4) is 0 Å². The Hall–Kier alpha value is -2.19. The van der Waals surface area contributed by atoms with E-state index >= 15 is 0 Å². The van der Waals surface area contributed by atoms with Crippen LogP contribution >= 0.6 is 15.9 Å². The Bertz CT molecular complexity index is 879. The lowest BCUT2D eigenvalue weighted by Gasteiger charge is -2.21. The van der Waals surface area contributed by atoms with Crippen molar-refractivity contribution in [2.75, 3.05) is 17.1 Å². The van der Waals surface area contributed by atoms with Gasteiger partial charge < -0.3 is 0 Å². The van der Waals surface area contributed by atoms with Gasteiger partial charge in [0.1, 0.15) is 6.54 Å². The molecule has 8 heteroatoms. The Balaban J connectivity index is 2.05. The van der Waals surface area contributed by atoms with Crippen LogP contribution in [0, 0.1) is 0 Å². The molecule has 2 aromatic carbocycles. The zero-order valence-electron chi connectivity index (χ0n) is 14.5. The number of hydrazone groups is 1. The Morgan fingerprint density at radius 3 is 2.31 bits per heavy atom. The Morgan fingerprint density at radius 2 is 1.77 bits per heavy atom. The van der Waals surface area contributed by atoms with Crippen molar-refractivity contribution in [3.63, 3.8) is 0 Å². The van der Waals surface area contributed by atoms with Gasteiger partial charge in [-0.1, -0.05) is 47.1 Å². The highest BCUT2D eigenvalue weighted by Crippen LogP contribution is 2.18. The molecule has 1 amide bonds. The second kappa shape index (κ2) is 8.95. The first-order chi connectivity index (χ1) is 12.3. The average Bonchev–Trinajstić information content (AvgIpc) is 2.60. The van der Waals surface area contributed by atoms with Gasteiger partial charge in [-0.15, -0.1) is 0 Å². The van der Waals surface area contributed by atoms with Crippen LogP contribution in [0.3, 0.4) is 0 Å². The molecule has 0 aliphatic carbocycles. The van der Waals surface area contributed by atoms with Crippen LogP contribution < -0.4 is 9.73 Å². The monoisotopic (exact) mass is 437 g/mol. The molecular weight excluding hydrogens is 418 g/mol. The van der Waals surface area contributed by atoms with Crippen LogP contribution in [0.15, 0.2) is 58.1 Å². The zero-order chi connectivity index (χ0) is 19.2. The number of carbonyl (C=O) groups is 1. The summed E-state index contributed by atoms with van der Waals surface area (Å²) in [6.07, 6.45) is 3.41. The Labute approximate surface area is 162 Å². The standard InChI is InChI=1S/C18H20BrN3O3S/c1-3-14-6-10-17(11-7-14)22(26(2,24)25)13-18(23)21-20-12-15-4-8-16(19)9-5-15/h4-12H,3,13H2,1-2H3,(H,21,23)/b20-12-. The van der Waals surface area contributed by atoms with Crippen LogP contribution in [0.2, 0.25) is 0 Å². The fourth-order valence-electron chi connectivity index (χ4n) is 2.19. The number of sulfonamides is 1. The van der Waals surface area contributed by atoms with Crippen LogP contribution in [-0.2, 0) is 21.2 Å².